The van der Waals surface area contributed by atoms with Crippen LogP contribution in [0.2, 0.25) is 0 Å². The Bertz CT molecular complexity index is 501. The fraction of sp³-hybridized carbons (Fsp3) is 0.895. The number of hydrogen-bond acceptors (Lipinski definition) is 3. The zero-order chi connectivity index (χ0) is 15.7. The van der Waals surface area contributed by atoms with Crippen LogP contribution in [0.4, 0.5) is 0 Å². The summed E-state index contributed by atoms with van der Waals surface area (Å²) in [6, 6.07) is 0. The number of rotatable bonds is 0. The Balaban J connectivity index is 1.68. The van der Waals surface area contributed by atoms with E-state index in [9.17, 15) is 15.3 Å². The molecule has 0 bridgehead atoms. The summed E-state index contributed by atoms with van der Waals surface area (Å²) in [5, 5.41) is 30.7. The molecule has 0 aromatic carbocycles. The molecule has 0 heterocycles. The zero-order valence-corrected chi connectivity index (χ0v) is 13.8. The lowest BCUT2D eigenvalue weighted by molar-refractivity contribution is -0.0817. The summed E-state index contributed by atoms with van der Waals surface area (Å²) < 4.78 is 0. The molecule has 124 valence electrons. The highest BCUT2D eigenvalue weighted by atomic mass is 16.3. The highest BCUT2D eigenvalue weighted by molar-refractivity contribution is 5.25. The second kappa shape index (κ2) is 4.81. The molecule has 4 aliphatic rings. The maximum Gasteiger partial charge on any atom is 0.0855 e. The van der Waals surface area contributed by atoms with Crippen LogP contribution >= 0.6 is 0 Å². The van der Waals surface area contributed by atoms with Crippen LogP contribution in [0.15, 0.2) is 11.6 Å². The van der Waals surface area contributed by atoms with Gasteiger partial charge in [-0.2, -0.15) is 0 Å². The average molecular weight is 306 g/mol. The van der Waals surface area contributed by atoms with Gasteiger partial charge in [0.25, 0.3) is 0 Å². The molecule has 0 aromatic heterocycles. The molecule has 4 aliphatic carbocycles. The summed E-state index contributed by atoms with van der Waals surface area (Å²) in [6.07, 6.45) is 8.04. The van der Waals surface area contributed by atoms with Gasteiger partial charge >= 0.3 is 0 Å². The third kappa shape index (κ3) is 1.85. The van der Waals surface area contributed by atoms with E-state index in [2.05, 4.69) is 19.9 Å². The Hall–Kier alpha value is -0.380. The van der Waals surface area contributed by atoms with Crippen LogP contribution in [0.3, 0.4) is 0 Å². The Kier molecular flexibility index (Phi) is 3.32. The molecule has 3 N–H and O–H groups in total. The van der Waals surface area contributed by atoms with Crippen molar-refractivity contribution in [2.24, 2.45) is 28.6 Å². The minimum absolute atomic E-state index is 0.101. The SMILES string of the molecule is C[C@]12CC[C@H]3[C@@H](CC=C4C[C@@H](O)CC[C@@]43C)[C@@H]1C[C@@H](O)[C@H]2O. The van der Waals surface area contributed by atoms with Gasteiger partial charge in [0.2, 0.25) is 0 Å². The first-order valence-electron chi connectivity index (χ1n) is 9.10. The Morgan fingerprint density at radius 3 is 2.59 bits per heavy atom. The predicted molar refractivity (Wildman–Crippen MR) is 85.1 cm³/mol. The van der Waals surface area contributed by atoms with E-state index in [4.69, 9.17) is 0 Å². The van der Waals surface area contributed by atoms with Gasteiger partial charge in [0, 0.05) is 0 Å². The molecule has 3 heteroatoms. The monoisotopic (exact) mass is 306 g/mol. The van der Waals surface area contributed by atoms with Crippen molar-refractivity contribution in [1.82, 2.24) is 0 Å². The van der Waals surface area contributed by atoms with Crippen LogP contribution in [-0.4, -0.2) is 33.6 Å². The second-order valence-corrected chi connectivity index (χ2v) is 8.95. The van der Waals surface area contributed by atoms with Crippen molar-refractivity contribution in [2.45, 2.75) is 77.1 Å². The van der Waals surface area contributed by atoms with Gasteiger partial charge in [-0.15, -0.1) is 0 Å². The molecule has 0 saturated heterocycles. The summed E-state index contributed by atoms with van der Waals surface area (Å²) in [7, 11) is 0. The molecular weight excluding hydrogens is 276 g/mol. The number of hydrogen-bond donors (Lipinski definition) is 3. The molecule has 0 spiro atoms. The topological polar surface area (TPSA) is 60.7 Å². The lowest BCUT2D eigenvalue weighted by atomic mass is 9.48. The molecular formula is C19H30O3. The third-order valence-corrected chi connectivity index (χ3v) is 8.05. The molecule has 0 aromatic rings. The van der Waals surface area contributed by atoms with Gasteiger partial charge in [0.15, 0.2) is 0 Å². The molecule has 0 radical (unpaired) electrons. The first-order valence-corrected chi connectivity index (χ1v) is 9.10. The molecule has 3 nitrogen and oxygen atoms in total. The van der Waals surface area contributed by atoms with Gasteiger partial charge in [-0.05, 0) is 73.5 Å². The fourth-order valence-corrected chi connectivity index (χ4v) is 6.63. The van der Waals surface area contributed by atoms with E-state index in [0.717, 1.165) is 44.9 Å². The highest BCUT2D eigenvalue weighted by Gasteiger charge is 2.60. The maximum absolute atomic E-state index is 10.5. The molecule has 3 fully saturated rings. The summed E-state index contributed by atoms with van der Waals surface area (Å²) in [4.78, 5) is 0. The van der Waals surface area contributed by atoms with E-state index in [0.29, 0.717) is 17.8 Å². The minimum Gasteiger partial charge on any atom is -0.393 e. The lowest BCUT2D eigenvalue weighted by Crippen LogP contribution is -2.51. The Morgan fingerprint density at radius 1 is 1.05 bits per heavy atom. The molecule has 4 rings (SSSR count). The van der Waals surface area contributed by atoms with Crippen LogP contribution in [0, 0.1) is 28.6 Å². The minimum atomic E-state index is -0.551. The van der Waals surface area contributed by atoms with Crippen molar-refractivity contribution >= 4 is 0 Å². The fourth-order valence-electron chi connectivity index (χ4n) is 6.63. The zero-order valence-electron chi connectivity index (χ0n) is 13.8. The van der Waals surface area contributed by atoms with Crippen molar-refractivity contribution in [3.8, 4) is 0 Å². The van der Waals surface area contributed by atoms with Gasteiger partial charge in [0.05, 0.1) is 18.3 Å². The van der Waals surface area contributed by atoms with Gasteiger partial charge in [-0.1, -0.05) is 25.5 Å². The molecule has 0 aliphatic heterocycles. The number of fused-ring (bicyclic) bond motifs is 5. The first-order chi connectivity index (χ1) is 10.4. The first kappa shape index (κ1) is 15.2. The van der Waals surface area contributed by atoms with E-state index >= 15 is 0 Å². The Labute approximate surface area is 133 Å². The summed E-state index contributed by atoms with van der Waals surface area (Å²) in [6.45, 7) is 4.60. The van der Waals surface area contributed by atoms with Crippen molar-refractivity contribution in [2.75, 3.05) is 0 Å². The van der Waals surface area contributed by atoms with E-state index in [1.165, 1.54) is 5.57 Å². The van der Waals surface area contributed by atoms with Crippen LogP contribution in [-0.2, 0) is 0 Å². The summed E-state index contributed by atoms with van der Waals surface area (Å²) >= 11 is 0. The van der Waals surface area contributed by atoms with Gasteiger partial charge in [0.1, 0.15) is 0 Å². The molecule has 0 unspecified atom stereocenters. The molecule has 8 atom stereocenters. The van der Waals surface area contributed by atoms with Crippen LogP contribution in [0.25, 0.3) is 0 Å². The van der Waals surface area contributed by atoms with E-state index in [-0.39, 0.29) is 16.9 Å². The van der Waals surface area contributed by atoms with Crippen molar-refractivity contribution in [1.29, 1.82) is 0 Å². The summed E-state index contributed by atoms with van der Waals surface area (Å²) in [5.74, 6) is 1.70. The second-order valence-electron chi connectivity index (χ2n) is 8.95. The van der Waals surface area contributed by atoms with Crippen LogP contribution < -0.4 is 0 Å². The highest BCUT2D eigenvalue weighted by Crippen LogP contribution is 2.64. The standard InChI is InChI=1S/C19H30O3/c1-18-7-5-12(20)9-11(18)3-4-13-14(18)6-8-19(2)15(13)10-16(21)17(19)22/h3,12-17,20-22H,4-10H2,1-2H3/t12-,13+,14-,15-,16+,17+,18-,19-/m0/s1. The van der Waals surface area contributed by atoms with Crippen LogP contribution in [0.5, 0.6) is 0 Å². The number of aliphatic hydroxyl groups excluding tert-OH is 3. The maximum atomic E-state index is 10.5. The largest absolute Gasteiger partial charge is 0.393 e. The third-order valence-electron chi connectivity index (χ3n) is 8.05. The quantitative estimate of drug-likeness (QED) is 0.603. The van der Waals surface area contributed by atoms with E-state index in [1.54, 1.807) is 0 Å². The Morgan fingerprint density at radius 2 is 1.82 bits per heavy atom. The van der Waals surface area contributed by atoms with Gasteiger partial charge < -0.3 is 15.3 Å². The predicted octanol–water partition coefficient (Wildman–Crippen LogP) is 2.64. The summed E-state index contributed by atoms with van der Waals surface area (Å²) in [5.41, 5.74) is 1.62. The van der Waals surface area contributed by atoms with Crippen LogP contribution in [0.1, 0.15) is 58.8 Å². The molecule has 22 heavy (non-hydrogen) atoms. The molecule has 3 saturated carbocycles. The average Bonchev–Trinajstić information content (AvgIpc) is 2.72. The normalized spacial score (nSPS) is 57.6. The van der Waals surface area contributed by atoms with Crippen molar-refractivity contribution in [3.63, 3.8) is 0 Å². The lowest BCUT2D eigenvalue weighted by Gasteiger charge is -2.57. The van der Waals surface area contributed by atoms with Gasteiger partial charge in [-0.25, -0.2) is 0 Å². The van der Waals surface area contributed by atoms with Crippen molar-refractivity contribution < 1.29 is 15.3 Å². The van der Waals surface area contributed by atoms with Gasteiger partial charge in [-0.3, -0.25) is 0 Å². The number of allylic oxidation sites excluding steroid dienone is 1. The van der Waals surface area contributed by atoms with Crippen molar-refractivity contribution in [3.05, 3.63) is 11.6 Å². The molecule has 0 amide bonds. The smallest absolute Gasteiger partial charge is 0.0855 e. The number of aliphatic hydroxyl groups is 3. The van der Waals surface area contributed by atoms with E-state index in [1.807, 2.05) is 0 Å². The van der Waals surface area contributed by atoms with E-state index < -0.39 is 12.2 Å².